The normalized spacial score (nSPS) is 20.8. The predicted octanol–water partition coefficient (Wildman–Crippen LogP) is 2.55. The molecule has 2 aromatic rings. The number of amides is 2. The van der Waals surface area contributed by atoms with E-state index in [1.807, 2.05) is 0 Å². The number of fused-ring (bicyclic) bond motifs is 2. The number of hydrogen-bond donors (Lipinski definition) is 1. The lowest BCUT2D eigenvalue weighted by Gasteiger charge is -2.37. The molecule has 2 aliphatic heterocycles. The molecule has 24 heavy (non-hydrogen) atoms. The van der Waals surface area contributed by atoms with Crippen molar-refractivity contribution < 1.29 is 18.4 Å². The Labute approximate surface area is 141 Å². The SMILES string of the molecule is O=C(c1[nH]c2ccc(F)c(Cl)c2c1F)N1CCN2C(=O)CC[C@@H]2C1. The van der Waals surface area contributed by atoms with Gasteiger partial charge in [0.05, 0.1) is 15.9 Å². The largest absolute Gasteiger partial charge is 0.348 e. The van der Waals surface area contributed by atoms with Crippen LogP contribution in [0.4, 0.5) is 8.78 Å². The molecule has 0 unspecified atom stereocenters. The number of aromatic nitrogens is 1. The van der Waals surface area contributed by atoms with Crippen molar-refractivity contribution in [3.63, 3.8) is 0 Å². The first-order chi connectivity index (χ1) is 11.5. The van der Waals surface area contributed by atoms with Crippen LogP contribution in [-0.4, -0.2) is 52.3 Å². The molecule has 0 aliphatic carbocycles. The number of hydrogen-bond acceptors (Lipinski definition) is 2. The molecule has 5 nitrogen and oxygen atoms in total. The van der Waals surface area contributed by atoms with Crippen LogP contribution in [0, 0.1) is 11.6 Å². The van der Waals surface area contributed by atoms with Gasteiger partial charge in [0.15, 0.2) is 5.82 Å². The molecule has 2 aliphatic rings. The van der Waals surface area contributed by atoms with E-state index in [-0.39, 0.29) is 33.6 Å². The van der Waals surface area contributed by atoms with Crippen LogP contribution in [-0.2, 0) is 4.79 Å². The topological polar surface area (TPSA) is 56.4 Å². The average molecular weight is 354 g/mol. The molecule has 2 amide bonds. The molecule has 0 bridgehead atoms. The van der Waals surface area contributed by atoms with Crippen LogP contribution in [0.2, 0.25) is 5.02 Å². The molecule has 8 heteroatoms. The summed E-state index contributed by atoms with van der Waals surface area (Å²) in [6, 6.07) is 2.46. The number of carbonyl (C=O) groups is 2. The van der Waals surface area contributed by atoms with E-state index in [1.54, 1.807) is 4.90 Å². The fourth-order valence-corrected chi connectivity index (χ4v) is 3.79. The molecule has 1 aromatic carbocycles. The van der Waals surface area contributed by atoms with Crippen LogP contribution in [0.3, 0.4) is 0 Å². The molecule has 2 fully saturated rings. The Morgan fingerprint density at radius 2 is 2.08 bits per heavy atom. The fourth-order valence-electron chi connectivity index (χ4n) is 3.54. The van der Waals surface area contributed by atoms with Gasteiger partial charge in [-0.2, -0.15) is 0 Å². The van der Waals surface area contributed by atoms with Crippen LogP contribution in [0.15, 0.2) is 12.1 Å². The minimum Gasteiger partial charge on any atom is -0.348 e. The van der Waals surface area contributed by atoms with E-state index in [2.05, 4.69) is 4.98 Å². The summed E-state index contributed by atoms with van der Waals surface area (Å²) in [6.45, 7) is 1.17. The van der Waals surface area contributed by atoms with Gasteiger partial charge in [0.2, 0.25) is 5.91 Å². The number of carbonyl (C=O) groups excluding carboxylic acids is 2. The lowest BCUT2D eigenvalue weighted by atomic mass is 10.1. The lowest BCUT2D eigenvalue weighted by Crippen LogP contribution is -2.53. The molecule has 4 rings (SSSR count). The second kappa shape index (κ2) is 5.44. The van der Waals surface area contributed by atoms with Crippen molar-refractivity contribution in [3.8, 4) is 0 Å². The highest BCUT2D eigenvalue weighted by molar-refractivity contribution is 6.35. The highest BCUT2D eigenvalue weighted by Crippen LogP contribution is 2.31. The van der Waals surface area contributed by atoms with Gasteiger partial charge >= 0.3 is 0 Å². The molecule has 126 valence electrons. The van der Waals surface area contributed by atoms with Crippen LogP contribution in [0.5, 0.6) is 0 Å². The molecule has 3 heterocycles. The summed E-state index contributed by atoms with van der Waals surface area (Å²) in [7, 11) is 0. The molecule has 1 atom stereocenters. The van der Waals surface area contributed by atoms with Gasteiger partial charge in [-0.05, 0) is 18.6 Å². The number of piperazine rings is 1. The third kappa shape index (κ3) is 2.18. The summed E-state index contributed by atoms with van der Waals surface area (Å²) < 4.78 is 28.1. The number of halogens is 3. The van der Waals surface area contributed by atoms with Crippen molar-refractivity contribution in [1.82, 2.24) is 14.8 Å². The second-order valence-corrected chi connectivity index (χ2v) is 6.51. The zero-order valence-electron chi connectivity index (χ0n) is 12.6. The maximum absolute atomic E-state index is 14.6. The van der Waals surface area contributed by atoms with Crippen molar-refractivity contribution >= 4 is 34.3 Å². The summed E-state index contributed by atoms with van der Waals surface area (Å²) in [5.74, 6) is -1.98. The Bertz CT molecular complexity index is 867. The summed E-state index contributed by atoms with van der Waals surface area (Å²) in [6.07, 6.45) is 1.19. The summed E-state index contributed by atoms with van der Waals surface area (Å²) in [5, 5.41) is -0.457. The van der Waals surface area contributed by atoms with Gasteiger partial charge in [-0.15, -0.1) is 0 Å². The van der Waals surface area contributed by atoms with E-state index in [1.165, 1.54) is 11.0 Å². The van der Waals surface area contributed by atoms with Gasteiger partial charge in [0.25, 0.3) is 5.91 Å². The zero-order valence-corrected chi connectivity index (χ0v) is 13.4. The van der Waals surface area contributed by atoms with E-state index in [9.17, 15) is 18.4 Å². The number of benzene rings is 1. The second-order valence-electron chi connectivity index (χ2n) is 6.13. The van der Waals surface area contributed by atoms with Gasteiger partial charge in [0.1, 0.15) is 11.5 Å². The quantitative estimate of drug-likeness (QED) is 0.856. The smallest absolute Gasteiger partial charge is 0.273 e. The molecular weight excluding hydrogens is 340 g/mol. The number of aromatic amines is 1. The van der Waals surface area contributed by atoms with E-state index in [0.29, 0.717) is 32.5 Å². The molecule has 1 N–H and O–H groups in total. The number of H-pyrrole nitrogens is 1. The first kappa shape index (κ1) is 15.4. The third-order valence-electron chi connectivity index (χ3n) is 4.79. The predicted molar refractivity (Wildman–Crippen MR) is 83.9 cm³/mol. The molecule has 0 radical (unpaired) electrons. The first-order valence-corrected chi connectivity index (χ1v) is 8.09. The third-order valence-corrected chi connectivity index (χ3v) is 5.16. The Morgan fingerprint density at radius 1 is 1.29 bits per heavy atom. The van der Waals surface area contributed by atoms with Gasteiger partial charge in [-0.3, -0.25) is 9.59 Å². The van der Waals surface area contributed by atoms with Gasteiger partial charge < -0.3 is 14.8 Å². The Balaban J connectivity index is 1.66. The van der Waals surface area contributed by atoms with Crippen molar-refractivity contribution in [2.75, 3.05) is 19.6 Å². The van der Waals surface area contributed by atoms with Crippen molar-refractivity contribution in [2.24, 2.45) is 0 Å². The van der Waals surface area contributed by atoms with Crippen LogP contribution < -0.4 is 0 Å². The Hall–Kier alpha value is -2.15. The van der Waals surface area contributed by atoms with E-state index in [0.717, 1.165) is 6.07 Å². The summed E-state index contributed by atoms with van der Waals surface area (Å²) in [4.78, 5) is 30.4. The van der Waals surface area contributed by atoms with Gasteiger partial charge in [0, 0.05) is 32.1 Å². The minimum atomic E-state index is -0.843. The zero-order chi connectivity index (χ0) is 17.0. The minimum absolute atomic E-state index is 0.0105. The molecule has 1 aromatic heterocycles. The highest BCUT2D eigenvalue weighted by atomic mass is 35.5. The average Bonchev–Trinajstić information content (AvgIpc) is 3.11. The van der Waals surface area contributed by atoms with Crippen molar-refractivity contribution in [1.29, 1.82) is 0 Å². The van der Waals surface area contributed by atoms with E-state index in [4.69, 9.17) is 11.6 Å². The number of rotatable bonds is 1. The maximum Gasteiger partial charge on any atom is 0.273 e. The van der Waals surface area contributed by atoms with Gasteiger partial charge in [-0.25, -0.2) is 8.78 Å². The van der Waals surface area contributed by atoms with Crippen LogP contribution in [0.25, 0.3) is 10.9 Å². The maximum atomic E-state index is 14.6. The van der Waals surface area contributed by atoms with Crippen molar-refractivity contribution in [3.05, 3.63) is 34.5 Å². The molecule has 0 saturated carbocycles. The Morgan fingerprint density at radius 3 is 2.88 bits per heavy atom. The van der Waals surface area contributed by atoms with Crippen LogP contribution >= 0.6 is 11.6 Å². The Kier molecular flexibility index (Phi) is 3.49. The number of nitrogens with zero attached hydrogens (tertiary/aromatic N) is 2. The van der Waals surface area contributed by atoms with Crippen molar-refractivity contribution in [2.45, 2.75) is 18.9 Å². The lowest BCUT2D eigenvalue weighted by molar-refractivity contribution is -0.130. The monoisotopic (exact) mass is 353 g/mol. The van der Waals surface area contributed by atoms with Crippen LogP contribution in [0.1, 0.15) is 23.3 Å². The fraction of sp³-hybridized carbons (Fsp3) is 0.375. The van der Waals surface area contributed by atoms with Gasteiger partial charge in [-0.1, -0.05) is 11.6 Å². The summed E-state index contributed by atoms with van der Waals surface area (Å²) >= 11 is 5.82. The highest BCUT2D eigenvalue weighted by Gasteiger charge is 2.38. The number of nitrogens with one attached hydrogen (secondary N) is 1. The molecular formula is C16H14ClF2N3O2. The van der Waals surface area contributed by atoms with E-state index < -0.39 is 17.5 Å². The summed E-state index contributed by atoms with van der Waals surface area (Å²) in [5.41, 5.74) is 0.0483. The standard InChI is InChI=1S/C16H14ClF2N3O2/c17-13-9(18)2-3-10-12(13)14(19)15(20-10)16(24)21-5-6-22-8(7-21)1-4-11(22)23/h2-3,8,20H,1,4-7H2/t8-/m1/s1. The molecule has 0 spiro atoms. The van der Waals surface area contributed by atoms with E-state index >= 15 is 0 Å². The first-order valence-electron chi connectivity index (χ1n) is 7.71. The molecule has 2 saturated heterocycles.